The van der Waals surface area contributed by atoms with Crippen molar-refractivity contribution in [2.45, 2.75) is 4.90 Å². The zero-order chi connectivity index (χ0) is 21.1. The van der Waals surface area contributed by atoms with E-state index in [9.17, 15) is 8.42 Å². The molecule has 1 fully saturated rings. The molecule has 0 spiro atoms. The van der Waals surface area contributed by atoms with Crippen molar-refractivity contribution >= 4 is 43.8 Å². The topological polar surface area (TPSA) is 61.9 Å². The molecule has 3 aromatic rings. The van der Waals surface area contributed by atoms with Gasteiger partial charge in [-0.25, -0.2) is 8.42 Å². The van der Waals surface area contributed by atoms with Crippen molar-refractivity contribution in [2.24, 2.45) is 0 Å². The highest BCUT2D eigenvalue weighted by Crippen LogP contribution is 2.23. The molecule has 8 heteroatoms. The molecule has 0 amide bonds. The van der Waals surface area contributed by atoms with Crippen LogP contribution in [0.25, 0.3) is 10.8 Å². The van der Waals surface area contributed by atoms with E-state index in [-0.39, 0.29) is 0 Å². The molecule has 0 aliphatic carbocycles. The van der Waals surface area contributed by atoms with E-state index in [4.69, 9.17) is 17.0 Å². The number of sulfonamides is 1. The smallest absolute Gasteiger partial charge is 0.243 e. The van der Waals surface area contributed by atoms with E-state index in [1.54, 1.807) is 19.2 Å². The monoisotopic (exact) mass is 441 g/mol. The molecule has 30 heavy (non-hydrogen) atoms. The summed E-state index contributed by atoms with van der Waals surface area (Å²) in [5.41, 5.74) is 0.838. The van der Waals surface area contributed by atoms with Crippen molar-refractivity contribution < 1.29 is 13.2 Å². The van der Waals surface area contributed by atoms with E-state index in [1.165, 1.54) is 4.31 Å². The number of ether oxygens (including phenoxy) is 1. The number of piperazine rings is 1. The summed E-state index contributed by atoms with van der Waals surface area (Å²) < 4.78 is 33.0. The maximum atomic E-state index is 13.1. The summed E-state index contributed by atoms with van der Waals surface area (Å²) in [6.45, 7) is 1.83. The van der Waals surface area contributed by atoms with E-state index >= 15 is 0 Å². The molecule has 1 aliphatic rings. The summed E-state index contributed by atoms with van der Waals surface area (Å²) in [4.78, 5) is 2.31. The van der Waals surface area contributed by atoms with Gasteiger partial charge in [0.1, 0.15) is 5.75 Å². The number of hydrogen-bond donors (Lipinski definition) is 1. The molecule has 0 aromatic heterocycles. The molecule has 1 N–H and O–H groups in total. The fraction of sp³-hybridized carbons (Fsp3) is 0.227. The molecule has 0 bridgehead atoms. The zero-order valence-electron chi connectivity index (χ0n) is 16.6. The maximum absolute atomic E-state index is 13.1. The van der Waals surface area contributed by atoms with Crippen molar-refractivity contribution in [3.05, 3.63) is 66.7 Å². The van der Waals surface area contributed by atoms with Crippen molar-refractivity contribution in [2.75, 3.05) is 38.6 Å². The van der Waals surface area contributed by atoms with Gasteiger partial charge in [-0.2, -0.15) is 4.31 Å². The van der Waals surface area contributed by atoms with Gasteiger partial charge in [0.25, 0.3) is 0 Å². The van der Waals surface area contributed by atoms with Crippen LogP contribution in [0.15, 0.2) is 71.6 Å². The van der Waals surface area contributed by atoms with Gasteiger partial charge in [0.15, 0.2) is 5.11 Å². The van der Waals surface area contributed by atoms with Gasteiger partial charge in [0, 0.05) is 37.9 Å². The first-order chi connectivity index (χ1) is 14.5. The number of anilines is 1. The van der Waals surface area contributed by atoms with Crippen LogP contribution in [0.2, 0.25) is 0 Å². The van der Waals surface area contributed by atoms with Crippen LogP contribution in [0, 0.1) is 0 Å². The molecule has 4 rings (SSSR count). The van der Waals surface area contributed by atoms with Crippen LogP contribution in [0.4, 0.5) is 5.69 Å². The zero-order valence-corrected chi connectivity index (χ0v) is 18.2. The van der Waals surface area contributed by atoms with E-state index in [2.05, 4.69) is 5.32 Å². The first-order valence-electron chi connectivity index (χ1n) is 9.66. The van der Waals surface area contributed by atoms with Crippen LogP contribution in [0.5, 0.6) is 5.75 Å². The normalized spacial score (nSPS) is 15.2. The summed E-state index contributed by atoms with van der Waals surface area (Å²) in [6, 6.07) is 20.6. The summed E-state index contributed by atoms with van der Waals surface area (Å²) >= 11 is 5.52. The van der Waals surface area contributed by atoms with E-state index in [0.29, 0.717) is 36.2 Å². The van der Waals surface area contributed by atoms with Crippen LogP contribution in [-0.2, 0) is 10.0 Å². The molecule has 156 valence electrons. The lowest BCUT2D eigenvalue weighted by Crippen LogP contribution is -2.51. The molecule has 1 heterocycles. The number of benzene rings is 3. The number of nitrogens with one attached hydrogen (secondary N) is 1. The minimum absolute atomic E-state index is 0.326. The second kappa shape index (κ2) is 8.59. The molecule has 0 atom stereocenters. The van der Waals surface area contributed by atoms with Crippen LogP contribution in [0.3, 0.4) is 0 Å². The van der Waals surface area contributed by atoms with Gasteiger partial charge < -0.3 is 15.0 Å². The lowest BCUT2D eigenvalue weighted by atomic mass is 10.1. The van der Waals surface area contributed by atoms with Gasteiger partial charge in [-0.1, -0.05) is 36.4 Å². The third kappa shape index (κ3) is 4.26. The minimum atomic E-state index is -3.54. The van der Waals surface area contributed by atoms with Gasteiger partial charge >= 0.3 is 0 Å². The summed E-state index contributed by atoms with van der Waals surface area (Å²) in [5, 5.41) is 5.72. The SMILES string of the molecule is COc1cccc(NC(=S)N2CCN(S(=O)(=O)c3ccc4ccccc4c3)CC2)c1. The molecular formula is C22H23N3O3S2. The largest absolute Gasteiger partial charge is 0.497 e. The Morgan fingerprint density at radius 2 is 1.67 bits per heavy atom. The van der Waals surface area contributed by atoms with Crippen molar-refractivity contribution in [3.8, 4) is 5.75 Å². The number of thiocarbonyl (C=S) groups is 1. The standard InChI is InChI=1S/C22H23N3O3S2/c1-28-20-8-4-7-19(16-20)23-22(29)24-11-13-25(14-12-24)30(26,27)21-10-9-17-5-2-3-6-18(17)15-21/h2-10,15-16H,11-14H2,1H3,(H,23,29). The van der Waals surface area contributed by atoms with Crippen LogP contribution in [-0.4, -0.2) is 56.0 Å². The van der Waals surface area contributed by atoms with Gasteiger partial charge in [-0.15, -0.1) is 0 Å². The summed E-state index contributed by atoms with van der Waals surface area (Å²) in [5.74, 6) is 0.745. The summed E-state index contributed by atoms with van der Waals surface area (Å²) in [6.07, 6.45) is 0. The fourth-order valence-electron chi connectivity index (χ4n) is 3.51. The Bertz CT molecular complexity index is 1170. The van der Waals surface area contributed by atoms with Crippen LogP contribution in [0.1, 0.15) is 0 Å². The Labute approximate surface area is 182 Å². The molecule has 0 unspecified atom stereocenters. The van der Waals surface area contributed by atoms with Gasteiger partial charge in [0.2, 0.25) is 10.0 Å². The molecular weight excluding hydrogens is 418 g/mol. The average Bonchev–Trinajstić information content (AvgIpc) is 2.79. The van der Waals surface area contributed by atoms with E-state index in [1.807, 2.05) is 59.5 Å². The number of rotatable bonds is 4. The highest BCUT2D eigenvalue weighted by molar-refractivity contribution is 7.89. The van der Waals surface area contributed by atoms with Gasteiger partial charge in [-0.3, -0.25) is 0 Å². The second-order valence-electron chi connectivity index (χ2n) is 7.06. The quantitative estimate of drug-likeness (QED) is 0.625. The number of nitrogens with zero attached hydrogens (tertiary/aromatic N) is 2. The first kappa shape index (κ1) is 20.6. The van der Waals surface area contributed by atoms with E-state index in [0.717, 1.165) is 22.2 Å². The molecule has 1 saturated heterocycles. The molecule has 0 radical (unpaired) electrons. The third-order valence-corrected chi connectivity index (χ3v) is 7.46. The second-order valence-corrected chi connectivity index (χ2v) is 9.39. The predicted molar refractivity (Wildman–Crippen MR) is 123 cm³/mol. The van der Waals surface area contributed by atoms with Crippen LogP contribution >= 0.6 is 12.2 Å². The molecule has 3 aromatic carbocycles. The molecule has 6 nitrogen and oxygen atoms in total. The Balaban J connectivity index is 1.42. The third-order valence-electron chi connectivity index (χ3n) is 5.21. The van der Waals surface area contributed by atoms with Gasteiger partial charge in [0.05, 0.1) is 12.0 Å². The molecule has 0 saturated carbocycles. The molecule has 1 aliphatic heterocycles. The Hall–Kier alpha value is -2.68. The highest BCUT2D eigenvalue weighted by atomic mass is 32.2. The van der Waals surface area contributed by atoms with Gasteiger partial charge in [-0.05, 0) is 47.3 Å². The number of fused-ring (bicyclic) bond motifs is 1. The van der Waals surface area contributed by atoms with E-state index < -0.39 is 10.0 Å². The number of hydrogen-bond acceptors (Lipinski definition) is 4. The predicted octanol–water partition coefficient (Wildman–Crippen LogP) is 3.55. The lowest BCUT2D eigenvalue weighted by molar-refractivity contribution is 0.268. The first-order valence-corrected chi connectivity index (χ1v) is 11.5. The van der Waals surface area contributed by atoms with Crippen molar-refractivity contribution in [1.82, 2.24) is 9.21 Å². The lowest BCUT2D eigenvalue weighted by Gasteiger charge is -2.35. The Morgan fingerprint density at radius 1 is 0.933 bits per heavy atom. The fourth-order valence-corrected chi connectivity index (χ4v) is 5.27. The van der Waals surface area contributed by atoms with Crippen molar-refractivity contribution in [1.29, 1.82) is 0 Å². The maximum Gasteiger partial charge on any atom is 0.243 e. The van der Waals surface area contributed by atoms with Crippen molar-refractivity contribution in [3.63, 3.8) is 0 Å². The Kier molecular flexibility index (Phi) is 5.90. The van der Waals surface area contributed by atoms with Crippen LogP contribution < -0.4 is 10.1 Å². The highest BCUT2D eigenvalue weighted by Gasteiger charge is 2.29. The summed E-state index contributed by atoms with van der Waals surface area (Å²) in [7, 11) is -1.93. The Morgan fingerprint density at radius 3 is 2.40 bits per heavy atom. The average molecular weight is 442 g/mol. The minimum Gasteiger partial charge on any atom is -0.497 e. The number of methoxy groups -OCH3 is 1.